The number of ether oxygens (including phenoxy) is 1. The number of pyridine rings is 1. The molecule has 1 unspecified atom stereocenters. The molecule has 1 aromatic carbocycles. The minimum absolute atomic E-state index is 0.256. The lowest BCUT2D eigenvalue weighted by Crippen LogP contribution is -2.22. The number of halogens is 1. The van der Waals surface area contributed by atoms with Crippen molar-refractivity contribution >= 4 is 15.9 Å². The lowest BCUT2D eigenvalue weighted by molar-refractivity contribution is 0.310. The van der Waals surface area contributed by atoms with E-state index in [1.54, 1.807) is 0 Å². The number of nitrogens with one attached hydrogen (secondary N) is 1. The molecular weight excluding hydrogens is 292 g/mol. The fraction of sp³-hybridized carbons (Fsp3) is 0.214. The molecule has 0 spiro atoms. The first-order valence-corrected chi connectivity index (χ1v) is 6.68. The van der Waals surface area contributed by atoms with Crippen molar-refractivity contribution in [3.63, 3.8) is 0 Å². The Bertz CT molecular complexity index is 542. The van der Waals surface area contributed by atoms with E-state index < -0.39 is 0 Å². The van der Waals surface area contributed by atoms with Crippen LogP contribution in [0.1, 0.15) is 17.3 Å². The van der Waals surface area contributed by atoms with Gasteiger partial charge in [0.1, 0.15) is 12.4 Å². The minimum atomic E-state index is 0.256. The number of rotatable bonds is 3. The Labute approximate surface area is 114 Å². The van der Waals surface area contributed by atoms with Crippen molar-refractivity contribution in [2.45, 2.75) is 12.6 Å². The van der Waals surface area contributed by atoms with E-state index in [-0.39, 0.29) is 6.04 Å². The maximum Gasteiger partial charge on any atom is 0.124 e. The molecule has 0 saturated carbocycles. The molecule has 0 radical (unpaired) electrons. The molecule has 3 nitrogen and oxygen atoms in total. The second kappa shape index (κ2) is 5.08. The molecule has 1 aromatic heterocycles. The van der Waals surface area contributed by atoms with Gasteiger partial charge >= 0.3 is 0 Å². The Morgan fingerprint density at radius 1 is 1.28 bits per heavy atom. The SMILES string of the molecule is Brc1ccc(CNC2COc3ccccc32)nc1. The second-order valence-corrected chi connectivity index (χ2v) is 5.17. The Balaban J connectivity index is 1.67. The van der Waals surface area contributed by atoms with Gasteiger partial charge in [-0.05, 0) is 34.1 Å². The van der Waals surface area contributed by atoms with Crippen molar-refractivity contribution < 1.29 is 4.74 Å². The molecule has 92 valence electrons. The molecule has 1 atom stereocenters. The van der Waals surface area contributed by atoms with Crippen LogP contribution in [0, 0.1) is 0 Å². The summed E-state index contributed by atoms with van der Waals surface area (Å²) >= 11 is 3.38. The molecule has 0 amide bonds. The highest BCUT2D eigenvalue weighted by Gasteiger charge is 2.22. The van der Waals surface area contributed by atoms with Gasteiger partial charge in [-0.1, -0.05) is 18.2 Å². The molecule has 1 aliphatic rings. The Morgan fingerprint density at radius 3 is 3.00 bits per heavy atom. The van der Waals surface area contributed by atoms with E-state index in [0.29, 0.717) is 6.61 Å². The van der Waals surface area contributed by atoms with E-state index in [2.05, 4.69) is 32.3 Å². The normalized spacial score (nSPS) is 17.3. The summed E-state index contributed by atoms with van der Waals surface area (Å²) in [5.41, 5.74) is 2.26. The van der Waals surface area contributed by atoms with Gasteiger partial charge in [-0.2, -0.15) is 0 Å². The molecule has 0 fully saturated rings. The Kier molecular flexibility index (Phi) is 3.30. The van der Waals surface area contributed by atoms with Crippen LogP contribution in [0.15, 0.2) is 47.1 Å². The average molecular weight is 305 g/mol. The third-order valence-electron chi connectivity index (χ3n) is 3.02. The maximum atomic E-state index is 5.63. The number of hydrogen-bond donors (Lipinski definition) is 1. The zero-order valence-electron chi connectivity index (χ0n) is 9.77. The van der Waals surface area contributed by atoms with Gasteiger partial charge in [0.15, 0.2) is 0 Å². The van der Waals surface area contributed by atoms with E-state index in [9.17, 15) is 0 Å². The summed E-state index contributed by atoms with van der Waals surface area (Å²) in [7, 11) is 0. The first-order valence-electron chi connectivity index (χ1n) is 5.88. The molecule has 0 saturated heterocycles. The molecule has 1 N–H and O–H groups in total. The lowest BCUT2D eigenvalue weighted by Gasteiger charge is -2.11. The molecule has 4 heteroatoms. The zero-order valence-corrected chi connectivity index (χ0v) is 11.4. The standard InChI is InChI=1S/C14H13BrN2O/c15-10-5-6-11(16-7-10)8-17-13-9-18-14-4-2-1-3-12(13)14/h1-7,13,17H,8-9H2. The molecule has 2 heterocycles. The van der Waals surface area contributed by atoms with E-state index in [4.69, 9.17) is 4.74 Å². The van der Waals surface area contributed by atoms with Crippen molar-refractivity contribution in [1.29, 1.82) is 0 Å². The maximum absolute atomic E-state index is 5.63. The van der Waals surface area contributed by atoms with Gasteiger partial charge < -0.3 is 10.1 Å². The second-order valence-electron chi connectivity index (χ2n) is 4.25. The number of fused-ring (bicyclic) bond motifs is 1. The predicted molar refractivity (Wildman–Crippen MR) is 73.5 cm³/mol. The zero-order chi connectivity index (χ0) is 12.4. The largest absolute Gasteiger partial charge is 0.491 e. The average Bonchev–Trinajstić information content (AvgIpc) is 2.82. The molecule has 3 rings (SSSR count). The number of hydrogen-bond acceptors (Lipinski definition) is 3. The van der Waals surface area contributed by atoms with Crippen LogP contribution in [0.3, 0.4) is 0 Å². The van der Waals surface area contributed by atoms with Crippen molar-refractivity contribution in [2.24, 2.45) is 0 Å². The molecule has 2 aromatic rings. The number of benzene rings is 1. The fourth-order valence-corrected chi connectivity index (χ4v) is 2.30. The highest BCUT2D eigenvalue weighted by molar-refractivity contribution is 9.10. The predicted octanol–water partition coefficient (Wildman–Crippen LogP) is 3.07. The van der Waals surface area contributed by atoms with Crippen LogP contribution in [0.5, 0.6) is 5.75 Å². The van der Waals surface area contributed by atoms with Crippen LogP contribution >= 0.6 is 15.9 Å². The highest BCUT2D eigenvalue weighted by Crippen LogP contribution is 2.31. The van der Waals surface area contributed by atoms with Gasteiger partial charge in [-0.25, -0.2) is 0 Å². The third-order valence-corrected chi connectivity index (χ3v) is 3.49. The summed E-state index contributed by atoms with van der Waals surface area (Å²) in [6, 6.07) is 12.4. The quantitative estimate of drug-likeness (QED) is 0.946. The summed E-state index contributed by atoms with van der Waals surface area (Å²) in [5, 5.41) is 3.47. The van der Waals surface area contributed by atoms with Gasteiger partial charge in [0, 0.05) is 22.8 Å². The molecule has 1 aliphatic heterocycles. The lowest BCUT2D eigenvalue weighted by atomic mass is 10.1. The van der Waals surface area contributed by atoms with Gasteiger partial charge in [-0.3, -0.25) is 4.98 Å². The van der Waals surface area contributed by atoms with E-state index in [1.807, 2.05) is 36.5 Å². The van der Waals surface area contributed by atoms with Crippen molar-refractivity contribution in [3.05, 3.63) is 58.3 Å². The van der Waals surface area contributed by atoms with Crippen molar-refractivity contribution in [3.8, 4) is 5.75 Å². The summed E-state index contributed by atoms with van der Waals surface area (Å²) in [6.45, 7) is 1.44. The molecule has 0 aliphatic carbocycles. The molecular formula is C14H13BrN2O. The van der Waals surface area contributed by atoms with Crippen LogP contribution in [0.2, 0.25) is 0 Å². The summed E-state index contributed by atoms with van der Waals surface area (Å²) in [6.07, 6.45) is 1.82. The van der Waals surface area contributed by atoms with E-state index in [1.165, 1.54) is 5.56 Å². The Hall–Kier alpha value is -1.39. The third kappa shape index (κ3) is 2.40. The monoisotopic (exact) mass is 304 g/mol. The highest BCUT2D eigenvalue weighted by atomic mass is 79.9. The number of aromatic nitrogens is 1. The van der Waals surface area contributed by atoms with Crippen LogP contribution < -0.4 is 10.1 Å². The van der Waals surface area contributed by atoms with Crippen molar-refractivity contribution in [1.82, 2.24) is 10.3 Å². The van der Waals surface area contributed by atoms with Gasteiger partial charge in [0.05, 0.1) is 11.7 Å². The number of para-hydroxylation sites is 1. The summed E-state index contributed by atoms with van der Waals surface area (Å²) < 4.78 is 6.63. The van der Waals surface area contributed by atoms with Gasteiger partial charge in [0.25, 0.3) is 0 Å². The first-order chi connectivity index (χ1) is 8.83. The molecule has 18 heavy (non-hydrogen) atoms. The van der Waals surface area contributed by atoms with Crippen LogP contribution in [-0.4, -0.2) is 11.6 Å². The summed E-state index contributed by atoms with van der Waals surface area (Å²) in [4.78, 5) is 4.35. The minimum Gasteiger partial charge on any atom is -0.491 e. The van der Waals surface area contributed by atoms with E-state index >= 15 is 0 Å². The van der Waals surface area contributed by atoms with Crippen LogP contribution in [-0.2, 0) is 6.54 Å². The van der Waals surface area contributed by atoms with Crippen LogP contribution in [0.4, 0.5) is 0 Å². The smallest absolute Gasteiger partial charge is 0.124 e. The van der Waals surface area contributed by atoms with Gasteiger partial charge in [-0.15, -0.1) is 0 Å². The summed E-state index contributed by atoms with van der Waals surface area (Å²) in [5.74, 6) is 0.985. The van der Waals surface area contributed by atoms with Crippen molar-refractivity contribution in [2.75, 3.05) is 6.61 Å². The fourth-order valence-electron chi connectivity index (χ4n) is 2.07. The van der Waals surface area contributed by atoms with E-state index in [0.717, 1.165) is 22.5 Å². The molecule has 0 bridgehead atoms. The van der Waals surface area contributed by atoms with Crippen LogP contribution in [0.25, 0.3) is 0 Å². The first kappa shape index (κ1) is 11.7. The van der Waals surface area contributed by atoms with Gasteiger partial charge in [0.2, 0.25) is 0 Å². The topological polar surface area (TPSA) is 34.1 Å². The number of nitrogens with zero attached hydrogens (tertiary/aromatic N) is 1. The Morgan fingerprint density at radius 2 is 2.17 bits per heavy atom.